The topological polar surface area (TPSA) is 92.2 Å². The fraction of sp³-hybridized carbons (Fsp3) is 0.533. The van der Waals surface area contributed by atoms with Gasteiger partial charge in [-0.15, -0.1) is 0 Å². The van der Waals surface area contributed by atoms with Crippen molar-refractivity contribution in [3.63, 3.8) is 0 Å². The van der Waals surface area contributed by atoms with Crippen LogP contribution in [0, 0.1) is 0 Å². The second kappa shape index (κ2) is 10.6. The molecule has 2 atom stereocenters. The standard InChI is InChI=1S/C15H17BrF3NOS.H3NO2S/c1-3-9-5-6-11-13(10(9)4-2)20-14(21-11)22-8-7-12(17)15(16,18)19;1-4(2)3/h5-6,12H,3-4,7-8H2,1-2H3;1H2,(H,2,3)/p-1. The first-order valence-corrected chi connectivity index (χ1v) is 10.6. The number of aryl methyl sites for hydroxylation is 2. The third-order valence-corrected chi connectivity index (χ3v) is 4.79. The zero-order valence-electron chi connectivity index (χ0n) is 14.1. The van der Waals surface area contributed by atoms with E-state index >= 15 is 0 Å². The molecule has 0 bridgehead atoms. The summed E-state index contributed by atoms with van der Waals surface area (Å²) >= 11 is 0.827. The number of hydrogen-bond acceptors (Lipinski definition) is 5. The first-order chi connectivity index (χ1) is 12.1. The third-order valence-electron chi connectivity index (χ3n) is 3.43. The molecule has 0 aliphatic carbocycles. The summed E-state index contributed by atoms with van der Waals surface area (Å²) in [5.41, 5.74) is 3.86. The molecule has 2 unspecified atom stereocenters. The van der Waals surface area contributed by atoms with Crippen LogP contribution in [-0.4, -0.2) is 30.5 Å². The Morgan fingerprint density at radius 1 is 1.42 bits per heavy atom. The lowest BCUT2D eigenvalue weighted by molar-refractivity contribution is 0.0210. The third kappa shape index (κ3) is 7.18. The summed E-state index contributed by atoms with van der Waals surface area (Å²) in [5.74, 6) is 0.178. The van der Waals surface area contributed by atoms with Crippen molar-refractivity contribution in [2.75, 3.05) is 5.75 Å². The molecule has 0 aliphatic rings. The number of nitrogens with zero attached hydrogens (tertiary/aromatic N) is 1. The lowest BCUT2D eigenvalue weighted by Gasteiger charge is -2.12. The van der Waals surface area contributed by atoms with Crippen LogP contribution in [0.1, 0.15) is 31.4 Å². The molecule has 0 spiro atoms. The van der Waals surface area contributed by atoms with E-state index in [0.29, 0.717) is 10.8 Å². The van der Waals surface area contributed by atoms with E-state index in [9.17, 15) is 13.2 Å². The zero-order chi connectivity index (χ0) is 19.9. The summed E-state index contributed by atoms with van der Waals surface area (Å²) < 4.78 is 61.7. The van der Waals surface area contributed by atoms with Gasteiger partial charge in [-0.25, -0.2) is 9.37 Å². The predicted molar refractivity (Wildman–Crippen MR) is 100.0 cm³/mol. The lowest BCUT2D eigenvalue weighted by atomic mass is 10.0. The number of halogens is 4. The summed E-state index contributed by atoms with van der Waals surface area (Å²) in [6, 6.07) is 3.89. The molecule has 0 saturated carbocycles. The molecule has 0 saturated heterocycles. The first-order valence-electron chi connectivity index (χ1n) is 7.68. The normalized spacial score (nSPS) is 14.0. The number of nitrogens with two attached hydrogens (primary N) is 1. The Balaban J connectivity index is 0.000000765. The Labute approximate surface area is 164 Å². The maximum absolute atomic E-state index is 13.2. The molecule has 0 radical (unpaired) electrons. The van der Waals surface area contributed by atoms with E-state index in [0.717, 1.165) is 35.7 Å². The van der Waals surface area contributed by atoms with Crippen LogP contribution in [0.15, 0.2) is 21.8 Å². The van der Waals surface area contributed by atoms with E-state index in [1.807, 2.05) is 28.1 Å². The molecular formula is C15H19BrF3N2O3S2-. The minimum Gasteiger partial charge on any atom is -0.760 e. The SMILES string of the molecule is CCc1ccc2oc(SCCC(F)C(F)(F)Br)nc2c1CC.NS(=O)[O-]. The van der Waals surface area contributed by atoms with Crippen molar-refractivity contribution >= 4 is 50.1 Å². The van der Waals surface area contributed by atoms with Gasteiger partial charge >= 0.3 is 4.83 Å². The number of benzene rings is 1. The highest BCUT2D eigenvalue weighted by Crippen LogP contribution is 2.33. The van der Waals surface area contributed by atoms with Crippen LogP contribution in [0.4, 0.5) is 13.2 Å². The number of thioether (sulfide) groups is 1. The molecule has 1 aromatic heterocycles. The van der Waals surface area contributed by atoms with Crippen molar-refractivity contribution in [3.05, 3.63) is 23.3 Å². The number of hydrogen-bond donors (Lipinski definition) is 1. The Hall–Kier alpha value is -0.620. The Morgan fingerprint density at radius 3 is 2.54 bits per heavy atom. The molecule has 2 rings (SSSR count). The highest BCUT2D eigenvalue weighted by atomic mass is 79.9. The average Bonchev–Trinajstić information content (AvgIpc) is 2.95. The van der Waals surface area contributed by atoms with Gasteiger partial charge in [0.1, 0.15) is 5.52 Å². The van der Waals surface area contributed by atoms with Gasteiger partial charge in [0.05, 0.1) is 0 Å². The van der Waals surface area contributed by atoms with Crippen molar-refractivity contribution in [2.24, 2.45) is 5.14 Å². The van der Waals surface area contributed by atoms with Crippen LogP contribution < -0.4 is 5.14 Å². The van der Waals surface area contributed by atoms with Crippen molar-refractivity contribution in [1.29, 1.82) is 0 Å². The van der Waals surface area contributed by atoms with Gasteiger partial charge in [-0.3, -0.25) is 9.35 Å². The van der Waals surface area contributed by atoms with Gasteiger partial charge in [0.15, 0.2) is 11.8 Å². The summed E-state index contributed by atoms with van der Waals surface area (Å²) in [6.45, 7) is 4.14. The van der Waals surface area contributed by atoms with E-state index in [4.69, 9.17) is 13.2 Å². The zero-order valence-corrected chi connectivity index (χ0v) is 17.4. The van der Waals surface area contributed by atoms with Crippen LogP contribution in [-0.2, 0) is 24.1 Å². The molecule has 2 N–H and O–H groups in total. The van der Waals surface area contributed by atoms with Crippen LogP contribution in [0.3, 0.4) is 0 Å². The number of aromatic nitrogens is 1. The van der Waals surface area contributed by atoms with Gasteiger partial charge in [0.2, 0.25) is 0 Å². The minimum absolute atomic E-state index is 0.178. The Kier molecular flexibility index (Phi) is 9.59. The van der Waals surface area contributed by atoms with Gasteiger partial charge in [-0.1, -0.05) is 31.7 Å². The number of alkyl halides is 4. The number of rotatable bonds is 7. The van der Waals surface area contributed by atoms with Gasteiger partial charge < -0.3 is 8.97 Å². The van der Waals surface area contributed by atoms with Crippen LogP contribution in [0.25, 0.3) is 11.1 Å². The maximum atomic E-state index is 13.2. The van der Waals surface area contributed by atoms with Gasteiger partial charge in [-0.05, 0) is 52.4 Å². The average molecular weight is 476 g/mol. The highest BCUT2D eigenvalue weighted by Gasteiger charge is 2.36. The summed E-state index contributed by atoms with van der Waals surface area (Å²) in [7, 11) is 0. The van der Waals surface area contributed by atoms with Crippen LogP contribution in [0.5, 0.6) is 0 Å². The van der Waals surface area contributed by atoms with E-state index in [-0.39, 0.29) is 12.2 Å². The summed E-state index contributed by atoms with van der Waals surface area (Å²) in [6.07, 6.45) is -0.734. The van der Waals surface area contributed by atoms with E-state index in [1.165, 1.54) is 5.56 Å². The monoisotopic (exact) mass is 475 g/mol. The van der Waals surface area contributed by atoms with Crippen molar-refractivity contribution in [3.8, 4) is 0 Å². The quantitative estimate of drug-likeness (QED) is 0.361. The van der Waals surface area contributed by atoms with Crippen molar-refractivity contribution < 1.29 is 26.4 Å². The first kappa shape index (κ1) is 23.4. The molecule has 0 fully saturated rings. The molecule has 0 aliphatic heterocycles. The number of fused-ring (bicyclic) bond motifs is 1. The summed E-state index contributed by atoms with van der Waals surface area (Å²) in [4.78, 5) is 0.940. The maximum Gasteiger partial charge on any atom is 0.331 e. The fourth-order valence-corrected chi connectivity index (χ4v) is 3.30. The molecule has 0 amide bonds. The van der Waals surface area contributed by atoms with E-state index < -0.39 is 22.3 Å². The molecule has 1 heterocycles. The molecule has 148 valence electrons. The second-order valence-corrected chi connectivity index (χ2v) is 7.77. The second-order valence-electron chi connectivity index (χ2n) is 5.14. The molecular weight excluding hydrogens is 457 g/mol. The van der Waals surface area contributed by atoms with Gasteiger partial charge in [0.25, 0.3) is 5.22 Å². The lowest BCUT2D eigenvalue weighted by Crippen LogP contribution is -2.22. The van der Waals surface area contributed by atoms with Gasteiger partial charge in [-0.2, -0.15) is 8.78 Å². The smallest absolute Gasteiger partial charge is 0.331 e. The fourth-order valence-electron chi connectivity index (χ4n) is 2.27. The van der Waals surface area contributed by atoms with Gasteiger partial charge in [0, 0.05) is 17.0 Å². The molecule has 26 heavy (non-hydrogen) atoms. The highest BCUT2D eigenvalue weighted by molar-refractivity contribution is 9.10. The summed E-state index contributed by atoms with van der Waals surface area (Å²) in [5, 5.41) is 4.42. The predicted octanol–water partition coefficient (Wildman–Crippen LogP) is 4.50. The Bertz CT molecular complexity index is 737. The van der Waals surface area contributed by atoms with Crippen molar-refractivity contribution in [2.45, 2.75) is 49.3 Å². The van der Waals surface area contributed by atoms with Crippen LogP contribution in [0.2, 0.25) is 0 Å². The largest absolute Gasteiger partial charge is 0.760 e. The molecule has 1 aromatic carbocycles. The Morgan fingerprint density at radius 2 is 2.04 bits per heavy atom. The molecule has 11 heteroatoms. The van der Waals surface area contributed by atoms with Crippen LogP contribution >= 0.6 is 27.7 Å². The molecule has 5 nitrogen and oxygen atoms in total. The van der Waals surface area contributed by atoms with Crippen molar-refractivity contribution in [1.82, 2.24) is 4.98 Å². The number of oxazole rings is 1. The molecule has 2 aromatic rings. The van der Waals surface area contributed by atoms with E-state index in [1.54, 1.807) is 0 Å². The minimum atomic E-state index is -3.49. The van der Waals surface area contributed by atoms with E-state index in [2.05, 4.69) is 24.0 Å².